The summed E-state index contributed by atoms with van der Waals surface area (Å²) in [6.45, 7) is 6.00. The molecule has 0 unspecified atom stereocenters. The van der Waals surface area contributed by atoms with Crippen LogP contribution in [0.4, 0.5) is 16.4 Å². The Labute approximate surface area is 162 Å². The Morgan fingerprint density at radius 3 is 1.82 bits per heavy atom. The predicted octanol–water partition coefficient (Wildman–Crippen LogP) is -0.728. The van der Waals surface area contributed by atoms with Gasteiger partial charge in [-0.2, -0.15) is 0 Å². The number of aromatic nitrogens is 2. The van der Waals surface area contributed by atoms with Crippen LogP contribution in [0.1, 0.15) is 41.7 Å². The fraction of sp³-hybridized carbons (Fsp3) is 0.562. The van der Waals surface area contributed by atoms with Crippen LogP contribution in [0.15, 0.2) is 0 Å². The van der Waals surface area contributed by atoms with E-state index in [0.717, 1.165) is 0 Å². The van der Waals surface area contributed by atoms with Gasteiger partial charge in [-0.1, -0.05) is 0 Å². The fourth-order valence-corrected chi connectivity index (χ4v) is 1.88. The number of amides is 3. The van der Waals surface area contributed by atoms with Gasteiger partial charge in [0.25, 0.3) is 11.8 Å². The zero-order valence-electron chi connectivity index (χ0n) is 16.4. The first-order chi connectivity index (χ1) is 13.0. The van der Waals surface area contributed by atoms with Gasteiger partial charge in [0.15, 0.2) is 23.0 Å². The van der Waals surface area contributed by atoms with Crippen molar-refractivity contribution in [2.45, 2.75) is 26.4 Å². The van der Waals surface area contributed by atoms with Crippen LogP contribution in [0.5, 0.6) is 0 Å². The molecule has 0 atom stereocenters. The van der Waals surface area contributed by atoms with Crippen molar-refractivity contribution in [1.29, 1.82) is 0 Å². The lowest BCUT2D eigenvalue weighted by molar-refractivity contribution is 0.0526. The average Bonchev–Trinajstić information content (AvgIpc) is 2.58. The lowest BCUT2D eigenvalue weighted by Crippen LogP contribution is -2.38. The van der Waals surface area contributed by atoms with E-state index in [4.69, 9.17) is 20.9 Å². The third-order valence-corrected chi connectivity index (χ3v) is 3.05. The van der Waals surface area contributed by atoms with Crippen molar-refractivity contribution in [3.63, 3.8) is 0 Å². The van der Waals surface area contributed by atoms with E-state index in [9.17, 15) is 14.4 Å². The molecule has 12 nitrogen and oxygen atoms in total. The summed E-state index contributed by atoms with van der Waals surface area (Å²) in [5, 5.41) is 7.53. The number of nitrogens with one attached hydrogen (secondary N) is 3. The topological polar surface area (TPSA) is 184 Å². The van der Waals surface area contributed by atoms with E-state index < -0.39 is 23.5 Å². The monoisotopic (exact) mass is 397 g/mol. The molecule has 0 aliphatic heterocycles. The molecule has 0 spiro atoms. The van der Waals surface area contributed by atoms with Gasteiger partial charge in [-0.05, 0) is 20.8 Å². The van der Waals surface area contributed by atoms with Gasteiger partial charge in [-0.15, -0.1) is 0 Å². The minimum absolute atomic E-state index is 0.0956. The van der Waals surface area contributed by atoms with Crippen LogP contribution < -0.4 is 27.4 Å². The number of carbonyl (C=O) groups excluding carboxylic acids is 3. The third-order valence-electron chi connectivity index (χ3n) is 3.05. The van der Waals surface area contributed by atoms with E-state index in [1.54, 1.807) is 20.8 Å². The minimum Gasteiger partial charge on any atom is -0.444 e. The van der Waals surface area contributed by atoms with Crippen molar-refractivity contribution in [1.82, 2.24) is 25.9 Å². The minimum atomic E-state index is -0.644. The fourth-order valence-electron chi connectivity index (χ4n) is 1.88. The van der Waals surface area contributed by atoms with E-state index in [0.29, 0.717) is 6.61 Å². The van der Waals surface area contributed by atoms with Crippen LogP contribution >= 0.6 is 0 Å². The molecule has 12 heteroatoms. The zero-order chi connectivity index (χ0) is 21.3. The maximum Gasteiger partial charge on any atom is 0.407 e. The number of hydrogen-bond donors (Lipinski definition) is 5. The summed E-state index contributed by atoms with van der Waals surface area (Å²) in [7, 11) is 1.49. The number of ether oxygens (including phenoxy) is 2. The number of alkyl carbamates (subject to hydrolysis) is 1. The summed E-state index contributed by atoms with van der Waals surface area (Å²) < 4.78 is 9.89. The highest BCUT2D eigenvalue weighted by Gasteiger charge is 2.20. The largest absolute Gasteiger partial charge is 0.444 e. The molecule has 7 N–H and O–H groups in total. The molecule has 1 aromatic heterocycles. The number of anilines is 2. The third kappa shape index (κ3) is 7.61. The van der Waals surface area contributed by atoms with Crippen LogP contribution in [-0.2, 0) is 9.47 Å². The van der Waals surface area contributed by atoms with E-state index in [1.807, 2.05) is 0 Å². The highest BCUT2D eigenvalue weighted by atomic mass is 16.6. The SMILES string of the molecule is COCCNC(=O)c1nc(N)c(C(=O)NCCNC(=O)OC(C)(C)C)nc1N. The molecule has 156 valence electrons. The van der Waals surface area contributed by atoms with Gasteiger partial charge in [0.05, 0.1) is 6.61 Å². The van der Waals surface area contributed by atoms with Crippen LogP contribution in [0.25, 0.3) is 0 Å². The highest BCUT2D eigenvalue weighted by Crippen LogP contribution is 2.13. The Bertz CT molecular complexity index is 718. The number of nitrogens with two attached hydrogens (primary N) is 2. The molecule has 0 saturated heterocycles. The van der Waals surface area contributed by atoms with Gasteiger partial charge >= 0.3 is 6.09 Å². The summed E-state index contributed by atoms with van der Waals surface area (Å²) in [4.78, 5) is 43.4. The molecule has 1 aromatic rings. The van der Waals surface area contributed by atoms with Gasteiger partial charge in [0, 0.05) is 26.7 Å². The molecule has 1 heterocycles. The highest BCUT2D eigenvalue weighted by molar-refractivity contribution is 6.00. The summed E-state index contributed by atoms with van der Waals surface area (Å²) in [6.07, 6.45) is -0.603. The summed E-state index contributed by atoms with van der Waals surface area (Å²) >= 11 is 0. The van der Waals surface area contributed by atoms with Crippen molar-refractivity contribution >= 4 is 29.5 Å². The van der Waals surface area contributed by atoms with E-state index in [2.05, 4.69) is 25.9 Å². The van der Waals surface area contributed by atoms with Gasteiger partial charge in [0.2, 0.25) is 0 Å². The molecule has 3 amide bonds. The first-order valence-corrected chi connectivity index (χ1v) is 8.50. The predicted molar refractivity (Wildman–Crippen MR) is 102 cm³/mol. The lowest BCUT2D eigenvalue weighted by atomic mass is 10.2. The van der Waals surface area contributed by atoms with E-state index in [1.165, 1.54) is 7.11 Å². The van der Waals surface area contributed by atoms with Crippen molar-refractivity contribution < 1.29 is 23.9 Å². The number of methoxy groups -OCH3 is 1. The molecule has 0 saturated carbocycles. The van der Waals surface area contributed by atoms with Gasteiger partial charge in [-0.25, -0.2) is 14.8 Å². The summed E-state index contributed by atoms with van der Waals surface area (Å²) in [5.41, 5.74) is 10.4. The van der Waals surface area contributed by atoms with Crippen LogP contribution in [-0.4, -0.2) is 66.8 Å². The smallest absolute Gasteiger partial charge is 0.407 e. The van der Waals surface area contributed by atoms with Crippen molar-refractivity contribution in [3.8, 4) is 0 Å². The molecular formula is C16H27N7O5. The lowest BCUT2D eigenvalue weighted by Gasteiger charge is -2.19. The average molecular weight is 397 g/mol. The number of rotatable bonds is 8. The Morgan fingerprint density at radius 2 is 1.36 bits per heavy atom. The molecule has 28 heavy (non-hydrogen) atoms. The quantitative estimate of drug-likeness (QED) is 0.353. The first kappa shape index (κ1) is 22.9. The second-order valence-corrected chi connectivity index (χ2v) is 6.62. The van der Waals surface area contributed by atoms with Crippen molar-refractivity contribution in [3.05, 3.63) is 11.4 Å². The second kappa shape index (κ2) is 10.3. The van der Waals surface area contributed by atoms with Crippen LogP contribution in [0.3, 0.4) is 0 Å². The summed E-state index contributed by atoms with van der Waals surface area (Å²) in [5.74, 6) is -1.71. The molecule has 0 radical (unpaired) electrons. The first-order valence-electron chi connectivity index (χ1n) is 8.50. The molecule has 0 bridgehead atoms. The number of nitrogen functional groups attached to an aromatic ring is 2. The van der Waals surface area contributed by atoms with Gasteiger partial charge < -0.3 is 36.9 Å². The maximum absolute atomic E-state index is 12.2. The molecule has 0 aliphatic rings. The molecule has 0 aliphatic carbocycles. The Morgan fingerprint density at radius 1 is 0.893 bits per heavy atom. The number of nitrogens with zero attached hydrogens (tertiary/aromatic N) is 2. The van der Waals surface area contributed by atoms with E-state index in [-0.39, 0.29) is 42.7 Å². The van der Waals surface area contributed by atoms with Gasteiger partial charge in [-0.3, -0.25) is 9.59 Å². The van der Waals surface area contributed by atoms with Crippen LogP contribution in [0, 0.1) is 0 Å². The Kier molecular flexibility index (Phi) is 8.38. The normalized spacial score (nSPS) is 10.9. The standard InChI is InChI=1S/C16H27N7O5/c1-16(2,3)28-15(26)21-6-5-19-13(24)9-11(17)23-10(12(18)22-9)14(25)20-7-8-27-4/h5-8H2,1-4H3,(H2,17,23)(H2,18,22)(H,19,24)(H,20,25)(H,21,26). The van der Waals surface area contributed by atoms with Gasteiger partial charge in [0.1, 0.15) is 5.60 Å². The molecule has 0 fully saturated rings. The summed E-state index contributed by atoms with van der Waals surface area (Å²) in [6, 6.07) is 0. The number of carbonyl (C=O) groups is 3. The maximum atomic E-state index is 12.2. The Hall–Kier alpha value is -3.15. The van der Waals surface area contributed by atoms with Crippen molar-refractivity contribution in [2.24, 2.45) is 0 Å². The van der Waals surface area contributed by atoms with E-state index >= 15 is 0 Å². The van der Waals surface area contributed by atoms with Crippen molar-refractivity contribution in [2.75, 3.05) is 44.8 Å². The van der Waals surface area contributed by atoms with Crippen LogP contribution in [0.2, 0.25) is 0 Å². The Balaban J connectivity index is 2.61. The molecule has 1 rings (SSSR count). The molecule has 0 aromatic carbocycles. The second-order valence-electron chi connectivity index (χ2n) is 6.62. The number of hydrogen-bond acceptors (Lipinski definition) is 9. The zero-order valence-corrected chi connectivity index (χ0v) is 16.4. The molecular weight excluding hydrogens is 370 g/mol.